The van der Waals surface area contributed by atoms with E-state index >= 15 is 0 Å². The van der Waals surface area contributed by atoms with Crippen LogP contribution in [0.15, 0.2) is 42.5 Å². The highest BCUT2D eigenvalue weighted by molar-refractivity contribution is 5.84. The highest BCUT2D eigenvalue weighted by Crippen LogP contribution is 2.22. The van der Waals surface area contributed by atoms with Crippen LogP contribution in [0.25, 0.3) is 10.8 Å². The van der Waals surface area contributed by atoms with E-state index < -0.39 is 5.97 Å². The predicted octanol–water partition coefficient (Wildman–Crippen LogP) is 2.68. The number of carboxylic acids is 1. The van der Waals surface area contributed by atoms with Gasteiger partial charge in [-0.05, 0) is 35.7 Å². The molecule has 1 saturated heterocycles. The molecule has 0 saturated carbocycles. The van der Waals surface area contributed by atoms with Crippen LogP contribution in [0.4, 0.5) is 0 Å². The zero-order valence-corrected chi connectivity index (χ0v) is 12.8. The number of aliphatic carboxylic acids is 1. The third-order valence-electron chi connectivity index (χ3n) is 4.19. The second kappa shape index (κ2) is 6.69. The molecule has 5 nitrogen and oxygen atoms in total. The first kappa shape index (κ1) is 15.3. The summed E-state index contributed by atoms with van der Waals surface area (Å²) in [4.78, 5) is 24.8. The van der Waals surface area contributed by atoms with Gasteiger partial charge in [-0.1, -0.05) is 30.3 Å². The Balaban J connectivity index is 1.62. The number of carboxylic acid groups (broad SMARTS) is 1. The van der Waals surface area contributed by atoms with Crippen molar-refractivity contribution in [3.8, 4) is 5.75 Å². The SMILES string of the molecule is O=C(O)CC1CCCN1C(=O)COc1ccc2ccccc2c1. The fraction of sp³-hybridized carbons (Fsp3) is 0.333. The van der Waals surface area contributed by atoms with Gasteiger partial charge in [-0.15, -0.1) is 0 Å². The van der Waals surface area contributed by atoms with Crippen molar-refractivity contribution in [2.45, 2.75) is 25.3 Å². The van der Waals surface area contributed by atoms with E-state index in [9.17, 15) is 9.59 Å². The largest absolute Gasteiger partial charge is 0.484 e. The molecule has 1 aliphatic heterocycles. The molecule has 5 heteroatoms. The summed E-state index contributed by atoms with van der Waals surface area (Å²) in [6.45, 7) is 0.548. The molecule has 0 radical (unpaired) electrons. The minimum atomic E-state index is -0.870. The smallest absolute Gasteiger partial charge is 0.305 e. The first-order chi connectivity index (χ1) is 11.1. The second-order valence-electron chi connectivity index (χ2n) is 5.78. The summed E-state index contributed by atoms with van der Waals surface area (Å²) >= 11 is 0. The van der Waals surface area contributed by atoms with Crippen LogP contribution in [0.1, 0.15) is 19.3 Å². The van der Waals surface area contributed by atoms with E-state index in [1.54, 1.807) is 4.90 Å². The molecule has 0 aromatic heterocycles. The summed E-state index contributed by atoms with van der Waals surface area (Å²) < 4.78 is 5.60. The van der Waals surface area contributed by atoms with E-state index in [2.05, 4.69) is 0 Å². The highest BCUT2D eigenvalue weighted by Gasteiger charge is 2.30. The Bertz CT molecular complexity index is 728. The Morgan fingerprint density at radius 2 is 1.96 bits per heavy atom. The van der Waals surface area contributed by atoms with Gasteiger partial charge >= 0.3 is 5.97 Å². The minimum absolute atomic E-state index is 0.00170. The first-order valence-corrected chi connectivity index (χ1v) is 7.76. The fourth-order valence-electron chi connectivity index (χ4n) is 3.06. The molecule has 23 heavy (non-hydrogen) atoms. The van der Waals surface area contributed by atoms with Crippen molar-refractivity contribution in [2.24, 2.45) is 0 Å². The molecule has 3 rings (SSSR count). The monoisotopic (exact) mass is 313 g/mol. The van der Waals surface area contributed by atoms with Crippen molar-refractivity contribution in [1.29, 1.82) is 0 Å². The van der Waals surface area contributed by atoms with Crippen molar-refractivity contribution in [3.05, 3.63) is 42.5 Å². The molecule has 1 heterocycles. The average Bonchev–Trinajstić information content (AvgIpc) is 3.00. The molecule has 1 N–H and O–H groups in total. The molecule has 0 bridgehead atoms. The zero-order valence-electron chi connectivity index (χ0n) is 12.8. The Morgan fingerprint density at radius 1 is 1.17 bits per heavy atom. The first-order valence-electron chi connectivity index (χ1n) is 7.76. The summed E-state index contributed by atoms with van der Waals surface area (Å²) in [6.07, 6.45) is 1.59. The van der Waals surface area contributed by atoms with E-state index in [4.69, 9.17) is 9.84 Å². The van der Waals surface area contributed by atoms with Crippen LogP contribution in [-0.2, 0) is 9.59 Å². The van der Waals surface area contributed by atoms with Gasteiger partial charge in [0, 0.05) is 12.6 Å². The van der Waals surface area contributed by atoms with Crippen molar-refractivity contribution in [3.63, 3.8) is 0 Å². The predicted molar refractivity (Wildman–Crippen MR) is 86.4 cm³/mol. The van der Waals surface area contributed by atoms with Crippen LogP contribution in [0.3, 0.4) is 0 Å². The third kappa shape index (κ3) is 3.62. The fourth-order valence-corrected chi connectivity index (χ4v) is 3.06. The molecule has 0 aliphatic carbocycles. The number of ether oxygens (including phenoxy) is 1. The molecule has 120 valence electrons. The number of carbonyl (C=O) groups excluding carboxylic acids is 1. The van der Waals surface area contributed by atoms with Crippen molar-refractivity contribution in [2.75, 3.05) is 13.2 Å². The van der Waals surface area contributed by atoms with E-state index in [0.29, 0.717) is 12.3 Å². The van der Waals surface area contributed by atoms with Gasteiger partial charge in [0.2, 0.25) is 0 Å². The Kier molecular flexibility index (Phi) is 4.46. The van der Waals surface area contributed by atoms with E-state index in [0.717, 1.165) is 23.6 Å². The van der Waals surface area contributed by atoms with E-state index in [-0.39, 0.29) is 25.0 Å². The Hall–Kier alpha value is -2.56. The summed E-state index contributed by atoms with van der Waals surface area (Å²) in [5.41, 5.74) is 0. The van der Waals surface area contributed by atoms with Crippen LogP contribution >= 0.6 is 0 Å². The molecule has 1 unspecified atom stereocenters. The van der Waals surface area contributed by atoms with Gasteiger partial charge in [0.05, 0.1) is 6.42 Å². The van der Waals surface area contributed by atoms with Crippen LogP contribution in [0.5, 0.6) is 5.75 Å². The number of benzene rings is 2. The summed E-state index contributed by atoms with van der Waals surface area (Å²) in [6, 6.07) is 13.4. The average molecular weight is 313 g/mol. The van der Waals surface area contributed by atoms with Crippen LogP contribution in [-0.4, -0.2) is 41.1 Å². The number of hydrogen-bond acceptors (Lipinski definition) is 3. The number of fused-ring (bicyclic) bond motifs is 1. The molecule has 1 fully saturated rings. The van der Waals surface area contributed by atoms with Gasteiger partial charge in [-0.3, -0.25) is 9.59 Å². The lowest BCUT2D eigenvalue weighted by Crippen LogP contribution is -2.39. The highest BCUT2D eigenvalue weighted by atomic mass is 16.5. The van der Waals surface area contributed by atoms with Crippen molar-refractivity contribution in [1.82, 2.24) is 4.90 Å². The van der Waals surface area contributed by atoms with Gasteiger partial charge < -0.3 is 14.7 Å². The number of hydrogen-bond donors (Lipinski definition) is 1. The Morgan fingerprint density at radius 3 is 2.74 bits per heavy atom. The van der Waals surface area contributed by atoms with E-state index in [1.807, 2.05) is 42.5 Å². The zero-order chi connectivity index (χ0) is 16.2. The number of rotatable bonds is 5. The normalized spacial score (nSPS) is 17.4. The molecular weight excluding hydrogens is 294 g/mol. The lowest BCUT2D eigenvalue weighted by atomic mass is 10.1. The van der Waals surface area contributed by atoms with Crippen LogP contribution < -0.4 is 4.74 Å². The maximum atomic E-state index is 12.3. The lowest BCUT2D eigenvalue weighted by molar-refractivity contribution is -0.140. The molecule has 1 atom stereocenters. The molecule has 1 aliphatic rings. The Labute approximate surface area is 134 Å². The van der Waals surface area contributed by atoms with Gasteiger partial charge in [0.25, 0.3) is 5.91 Å². The maximum Gasteiger partial charge on any atom is 0.305 e. The second-order valence-corrected chi connectivity index (χ2v) is 5.78. The number of nitrogens with zero attached hydrogens (tertiary/aromatic N) is 1. The van der Waals surface area contributed by atoms with Crippen LogP contribution in [0, 0.1) is 0 Å². The minimum Gasteiger partial charge on any atom is -0.484 e. The molecular formula is C18H19NO4. The number of carbonyl (C=O) groups is 2. The standard InChI is InChI=1S/C18H19NO4/c20-17(19-9-3-6-15(19)11-18(21)22)12-23-16-8-7-13-4-1-2-5-14(13)10-16/h1-2,4-5,7-8,10,15H,3,6,9,11-12H2,(H,21,22). The third-order valence-corrected chi connectivity index (χ3v) is 4.19. The van der Waals surface area contributed by atoms with E-state index in [1.165, 1.54) is 0 Å². The summed E-state index contributed by atoms with van der Waals surface area (Å²) in [7, 11) is 0. The summed E-state index contributed by atoms with van der Waals surface area (Å²) in [5, 5.41) is 11.1. The maximum absolute atomic E-state index is 12.3. The number of amides is 1. The van der Waals surface area contributed by atoms with Gasteiger partial charge in [0.15, 0.2) is 6.61 Å². The lowest BCUT2D eigenvalue weighted by Gasteiger charge is -2.23. The van der Waals surface area contributed by atoms with Crippen LogP contribution in [0.2, 0.25) is 0 Å². The van der Waals surface area contributed by atoms with Crippen molar-refractivity contribution >= 4 is 22.6 Å². The molecule has 1 amide bonds. The van der Waals surface area contributed by atoms with Gasteiger partial charge in [0.1, 0.15) is 5.75 Å². The summed E-state index contributed by atoms with van der Waals surface area (Å²) in [5.74, 6) is -0.377. The quantitative estimate of drug-likeness (QED) is 0.921. The topological polar surface area (TPSA) is 66.8 Å². The molecule has 0 spiro atoms. The number of likely N-dealkylation sites (tertiary alicyclic amines) is 1. The van der Waals surface area contributed by atoms with Crippen molar-refractivity contribution < 1.29 is 19.4 Å². The molecule has 2 aromatic carbocycles. The van der Waals surface area contributed by atoms with Gasteiger partial charge in [-0.2, -0.15) is 0 Å². The molecule has 2 aromatic rings. The van der Waals surface area contributed by atoms with Gasteiger partial charge in [-0.25, -0.2) is 0 Å².